The number of rotatable bonds is 1. The zero-order valence-corrected chi connectivity index (χ0v) is 9.70. The van der Waals surface area contributed by atoms with Crippen LogP contribution < -0.4 is 5.56 Å². The van der Waals surface area contributed by atoms with Gasteiger partial charge in [0.05, 0.1) is 10.9 Å². The first-order valence-electron chi connectivity index (χ1n) is 4.62. The van der Waals surface area contributed by atoms with Gasteiger partial charge in [0.15, 0.2) is 0 Å². The number of aromatic nitrogens is 2. The van der Waals surface area contributed by atoms with Crippen LogP contribution in [-0.4, -0.2) is 9.97 Å². The molecule has 0 aliphatic rings. The largest absolute Gasteiger partial charge is 0.310 e. The van der Waals surface area contributed by atoms with Crippen LogP contribution in [0.15, 0.2) is 27.9 Å². The third kappa shape index (κ3) is 2.30. The molecular weight excluding hydrogens is 279 g/mol. The number of aryl methyl sites for hydroxylation is 1. The summed E-state index contributed by atoms with van der Waals surface area (Å²) in [6, 6.07) is 1.11. The van der Waals surface area contributed by atoms with Crippen LogP contribution in [0, 0.1) is 6.92 Å². The first kappa shape index (κ1) is 12.8. The fourth-order valence-electron chi connectivity index (χ4n) is 1.47. The molecule has 0 aliphatic heterocycles. The lowest BCUT2D eigenvalue weighted by Crippen LogP contribution is -2.12. The summed E-state index contributed by atoms with van der Waals surface area (Å²) in [5, 5.41) is -0.522. The van der Waals surface area contributed by atoms with Crippen LogP contribution in [0.5, 0.6) is 0 Å². The van der Waals surface area contributed by atoms with Gasteiger partial charge in [-0.15, -0.1) is 0 Å². The van der Waals surface area contributed by atoms with Crippen molar-refractivity contribution < 1.29 is 19.4 Å². The molecule has 0 unspecified atom stereocenters. The minimum atomic E-state index is -9.77. The Labute approximate surface area is 97.4 Å². The highest BCUT2D eigenvalue weighted by Crippen LogP contribution is 3.02. The summed E-state index contributed by atoms with van der Waals surface area (Å²) in [7, 11) is -9.77. The SMILES string of the molecule is Cc1nc2ccc(S(F)(F)(F)(F)F)cc2c(=O)[nH]1. The molecule has 0 radical (unpaired) electrons. The average molecular weight is 286 g/mol. The smallest absolute Gasteiger partial charge is 0.310 e. The van der Waals surface area contributed by atoms with Crippen LogP contribution in [-0.2, 0) is 0 Å². The van der Waals surface area contributed by atoms with Crippen molar-refractivity contribution in [2.75, 3.05) is 0 Å². The minimum absolute atomic E-state index is 0.0677. The van der Waals surface area contributed by atoms with E-state index in [2.05, 4.69) is 9.97 Å². The number of nitrogens with one attached hydrogen (secondary N) is 1. The molecule has 0 saturated carbocycles. The predicted molar refractivity (Wildman–Crippen MR) is 58.5 cm³/mol. The Morgan fingerprint density at radius 3 is 2.33 bits per heavy atom. The van der Waals surface area contributed by atoms with Crippen LogP contribution in [0.1, 0.15) is 5.82 Å². The Morgan fingerprint density at radius 1 is 1.17 bits per heavy atom. The molecule has 0 saturated heterocycles. The molecule has 0 fully saturated rings. The van der Waals surface area contributed by atoms with Gasteiger partial charge < -0.3 is 4.98 Å². The van der Waals surface area contributed by atoms with Crippen LogP contribution in [0.3, 0.4) is 0 Å². The molecule has 18 heavy (non-hydrogen) atoms. The Morgan fingerprint density at radius 2 is 1.78 bits per heavy atom. The number of benzene rings is 1. The van der Waals surface area contributed by atoms with Gasteiger partial charge in [-0.3, -0.25) is 4.79 Å². The number of aromatic amines is 1. The van der Waals surface area contributed by atoms with Crippen LogP contribution in [0.4, 0.5) is 19.4 Å². The van der Waals surface area contributed by atoms with E-state index in [0.717, 1.165) is 6.07 Å². The molecule has 1 N–H and O–H groups in total. The Hall–Kier alpha value is -1.64. The molecule has 9 heteroatoms. The highest BCUT2D eigenvalue weighted by atomic mass is 32.5. The quantitative estimate of drug-likeness (QED) is 0.808. The summed E-state index contributed by atoms with van der Waals surface area (Å²) in [6.45, 7) is 1.43. The second-order valence-electron chi connectivity index (χ2n) is 3.80. The van der Waals surface area contributed by atoms with Crippen molar-refractivity contribution in [3.8, 4) is 0 Å². The van der Waals surface area contributed by atoms with Crippen molar-refractivity contribution in [3.63, 3.8) is 0 Å². The summed E-state index contributed by atoms with van der Waals surface area (Å²) < 4.78 is 62.8. The number of H-pyrrole nitrogens is 1. The van der Waals surface area contributed by atoms with E-state index in [-0.39, 0.29) is 23.5 Å². The van der Waals surface area contributed by atoms with E-state index in [9.17, 15) is 24.2 Å². The first-order valence-corrected chi connectivity index (χ1v) is 6.57. The summed E-state index contributed by atoms with van der Waals surface area (Å²) in [5.41, 5.74) is -0.956. The molecule has 1 heterocycles. The number of hydrogen-bond acceptors (Lipinski definition) is 2. The summed E-state index contributed by atoms with van der Waals surface area (Å²) in [5.74, 6) is 0.188. The summed E-state index contributed by atoms with van der Waals surface area (Å²) in [6.07, 6.45) is 0. The Bertz CT molecular complexity index is 706. The van der Waals surface area contributed by atoms with Crippen LogP contribution in [0.25, 0.3) is 10.9 Å². The third-order valence-electron chi connectivity index (χ3n) is 2.24. The van der Waals surface area contributed by atoms with Crippen molar-refractivity contribution in [2.45, 2.75) is 11.8 Å². The van der Waals surface area contributed by atoms with Gasteiger partial charge in [-0.2, -0.15) is 0 Å². The topological polar surface area (TPSA) is 45.8 Å². The van der Waals surface area contributed by atoms with Crippen molar-refractivity contribution in [1.82, 2.24) is 9.97 Å². The molecule has 100 valence electrons. The summed E-state index contributed by atoms with van der Waals surface area (Å²) >= 11 is 0. The lowest BCUT2D eigenvalue weighted by Gasteiger charge is -2.40. The molecule has 0 atom stereocenters. The molecule has 0 spiro atoms. The van der Waals surface area contributed by atoms with E-state index in [4.69, 9.17) is 0 Å². The van der Waals surface area contributed by atoms with Gasteiger partial charge >= 0.3 is 10.2 Å². The number of nitrogens with zero attached hydrogens (tertiary/aromatic N) is 1. The van der Waals surface area contributed by atoms with E-state index in [1.165, 1.54) is 6.92 Å². The van der Waals surface area contributed by atoms with Gasteiger partial charge in [0.2, 0.25) is 0 Å². The fraction of sp³-hybridized carbons (Fsp3) is 0.111. The number of hydrogen-bond donors (Lipinski definition) is 1. The van der Waals surface area contributed by atoms with E-state index >= 15 is 0 Å². The number of fused-ring (bicyclic) bond motifs is 1. The molecule has 0 aliphatic carbocycles. The van der Waals surface area contributed by atoms with Crippen LogP contribution in [0.2, 0.25) is 0 Å². The minimum Gasteiger partial charge on any atom is -0.310 e. The third-order valence-corrected chi connectivity index (χ3v) is 3.39. The van der Waals surface area contributed by atoms with Crippen LogP contribution >= 0.6 is 10.2 Å². The van der Waals surface area contributed by atoms with Gasteiger partial charge in [-0.05, 0) is 25.1 Å². The molecule has 3 nitrogen and oxygen atoms in total. The zero-order chi connectivity index (χ0) is 13.8. The van der Waals surface area contributed by atoms with Crippen molar-refractivity contribution in [2.24, 2.45) is 0 Å². The summed E-state index contributed by atoms with van der Waals surface area (Å²) in [4.78, 5) is 15.2. The van der Waals surface area contributed by atoms with E-state index < -0.39 is 26.1 Å². The number of halogens is 5. The maximum Gasteiger partial charge on any atom is 0.310 e. The van der Waals surface area contributed by atoms with Gasteiger partial charge in [-0.25, -0.2) is 4.98 Å². The average Bonchev–Trinajstić information content (AvgIpc) is 2.12. The standard InChI is InChI=1S/C9H7F5N2OS/c1-5-15-8-3-2-6(18(10,11,12,13)14)4-7(8)9(17)16-5/h2-4H,1H3,(H,15,16,17). The van der Waals surface area contributed by atoms with Gasteiger partial charge in [0, 0.05) is 0 Å². The molecule has 1 aromatic carbocycles. The predicted octanol–water partition coefficient (Wildman–Crippen LogP) is 3.89. The second-order valence-corrected chi connectivity index (χ2v) is 6.21. The lowest BCUT2D eigenvalue weighted by molar-refractivity contribution is 0.364. The van der Waals surface area contributed by atoms with Gasteiger partial charge in [0.1, 0.15) is 10.7 Å². The molecule has 2 aromatic rings. The molecule has 0 bridgehead atoms. The van der Waals surface area contributed by atoms with E-state index in [0.29, 0.717) is 0 Å². The molecular formula is C9H7F5N2OS. The maximum absolute atomic E-state index is 12.6. The zero-order valence-electron chi connectivity index (χ0n) is 8.89. The van der Waals surface area contributed by atoms with Gasteiger partial charge in [0.25, 0.3) is 5.56 Å². The van der Waals surface area contributed by atoms with Gasteiger partial charge in [-0.1, -0.05) is 19.4 Å². The highest BCUT2D eigenvalue weighted by molar-refractivity contribution is 8.45. The molecule has 0 amide bonds. The highest BCUT2D eigenvalue weighted by Gasteiger charge is 2.65. The second kappa shape index (κ2) is 2.85. The molecule has 2 rings (SSSR count). The Kier molecular flexibility index (Phi) is 2.03. The molecule has 1 aromatic heterocycles. The normalized spacial score (nSPS) is 16.3. The van der Waals surface area contributed by atoms with E-state index in [1.807, 2.05) is 0 Å². The monoisotopic (exact) mass is 286 g/mol. The fourth-order valence-corrected chi connectivity index (χ4v) is 2.14. The van der Waals surface area contributed by atoms with Crippen molar-refractivity contribution >= 4 is 21.1 Å². The van der Waals surface area contributed by atoms with E-state index in [1.54, 1.807) is 0 Å². The Balaban J connectivity index is 2.86. The maximum atomic E-state index is 12.6. The lowest BCUT2D eigenvalue weighted by atomic mass is 10.2. The van der Waals surface area contributed by atoms with Crippen molar-refractivity contribution in [3.05, 3.63) is 34.4 Å². The van der Waals surface area contributed by atoms with Crippen molar-refractivity contribution in [1.29, 1.82) is 0 Å². The first-order chi connectivity index (χ1) is 7.86.